The zero-order valence-electron chi connectivity index (χ0n) is 11.6. The molecule has 0 bridgehead atoms. The summed E-state index contributed by atoms with van der Waals surface area (Å²) in [6.45, 7) is 3.31. The van der Waals surface area contributed by atoms with Crippen molar-refractivity contribution in [2.24, 2.45) is 5.92 Å². The summed E-state index contributed by atoms with van der Waals surface area (Å²) in [5.74, 6) is 0.969. The molecule has 1 aromatic rings. The molecule has 1 nitrogen and oxygen atoms in total. The number of rotatable bonds is 5. The Morgan fingerprint density at radius 2 is 2.22 bits per heavy atom. The van der Waals surface area contributed by atoms with Crippen molar-refractivity contribution in [3.8, 4) is 0 Å². The van der Waals surface area contributed by atoms with Crippen molar-refractivity contribution in [3.05, 3.63) is 29.8 Å². The summed E-state index contributed by atoms with van der Waals surface area (Å²) in [7, 11) is 2.01. The van der Waals surface area contributed by atoms with Crippen LogP contribution in [0.15, 0.2) is 29.2 Å². The molecule has 1 N–H and O–H groups in total. The van der Waals surface area contributed by atoms with Crippen molar-refractivity contribution in [1.82, 2.24) is 5.32 Å². The highest BCUT2D eigenvalue weighted by Gasteiger charge is 2.21. The largest absolute Gasteiger partial charge is 0.316 e. The minimum atomic E-state index is 0.841. The third-order valence-electron chi connectivity index (χ3n) is 3.89. The Morgan fingerprint density at radius 1 is 1.33 bits per heavy atom. The van der Waals surface area contributed by atoms with Gasteiger partial charge in [-0.1, -0.05) is 38.3 Å². The molecule has 1 aliphatic rings. The van der Waals surface area contributed by atoms with E-state index in [0.29, 0.717) is 0 Å². The molecule has 2 heteroatoms. The van der Waals surface area contributed by atoms with E-state index in [9.17, 15) is 0 Å². The second-order valence-electron chi connectivity index (χ2n) is 5.36. The smallest absolute Gasteiger partial charge is 0.0202 e. The van der Waals surface area contributed by atoms with Crippen LogP contribution in [0.5, 0.6) is 0 Å². The molecule has 2 rings (SSSR count). The molecule has 1 aliphatic carbocycles. The molecule has 0 heterocycles. The van der Waals surface area contributed by atoms with Gasteiger partial charge in [-0.25, -0.2) is 0 Å². The lowest BCUT2D eigenvalue weighted by molar-refractivity contribution is 0.357. The first-order valence-electron chi connectivity index (χ1n) is 7.22. The maximum absolute atomic E-state index is 3.22. The van der Waals surface area contributed by atoms with Gasteiger partial charge < -0.3 is 5.32 Å². The first-order valence-corrected chi connectivity index (χ1v) is 8.10. The normalized spacial score (nSPS) is 24.1. The van der Waals surface area contributed by atoms with Gasteiger partial charge in [0.25, 0.3) is 0 Å². The van der Waals surface area contributed by atoms with Crippen molar-refractivity contribution in [1.29, 1.82) is 0 Å². The van der Waals surface area contributed by atoms with E-state index in [1.165, 1.54) is 42.6 Å². The Labute approximate surface area is 116 Å². The van der Waals surface area contributed by atoms with Crippen molar-refractivity contribution in [3.63, 3.8) is 0 Å². The fourth-order valence-electron chi connectivity index (χ4n) is 2.84. The predicted octanol–water partition coefficient (Wildman–Crippen LogP) is 4.47. The molecule has 1 fully saturated rings. The summed E-state index contributed by atoms with van der Waals surface area (Å²) in [4.78, 5) is 1.45. The van der Waals surface area contributed by atoms with Crippen molar-refractivity contribution >= 4 is 11.8 Å². The van der Waals surface area contributed by atoms with Gasteiger partial charge in [-0.15, -0.1) is 11.8 Å². The quantitative estimate of drug-likeness (QED) is 0.841. The summed E-state index contributed by atoms with van der Waals surface area (Å²) >= 11 is 2.10. The van der Waals surface area contributed by atoms with Crippen LogP contribution in [0.4, 0.5) is 0 Å². The molecule has 1 aromatic carbocycles. The molecule has 2 unspecified atom stereocenters. The highest BCUT2D eigenvalue weighted by molar-refractivity contribution is 8.00. The molecular weight excluding hydrogens is 238 g/mol. The van der Waals surface area contributed by atoms with Crippen LogP contribution in [0.3, 0.4) is 0 Å². The van der Waals surface area contributed by atoms with Crippen LogP contribution in [-0.4, -0.2) is 12.3 Å². The molecule has 0 spiro atoms. The van der Waals surface area contributed by atoms with E-state index in [-0.39, 0.29) is 0 Å². The average molecular weight is 263 g/mol. The summed E-state index contributed by atoms with van der Waals surface area (Å²) in [5.41, 5.74) is 1.39. The van der Waals surface area contributed by atoms with Gasteiger partial charge in [-0.3, -0.25) is 0 Å². The Kier molecular flexibility index (Phi) is 5.58. The van der Waals surface area contributed by atoms with E-state index >= 15 is 0 Å². The van der Waals surface area contributed by atoms with Gasteiger partial charge in [0, 0.05) is 16.7 Å². The van der Waals surface area contributed by atoms with Gasteiger partial charge in [-0.2, -0.15) is 0 Å². The van der Waals surface area contributed by atoms with Crippen LogP contribution in [0, 0.1) is 5.92 Å². The van der Waals surface area contributed by atoms with Gasteiger partial charge in [0.15, 0.2) is 0 Å². The van der Waals surface area contributed by atoms with Gasteiger partial charge in [0.1, 0.15) is 0 Å². The SMILES string of the molecule is CCC1CCCC(Sc2cccc(CNC)c2)C1. The van der Waals surface area contributed by atoms with E-state index < -0.39 is 0 Å². The van der Waals surface area contributed by atoms with Crippen molar-refractivity contribution in [2.45, 2.75) is 55.7 Å². The Balaban J connectivity index is 1.93. The topological polar surface area (TPSA) is 12.0 Å². The number of thioether (sulfide) groups is 1. The fraction of sp³-hybridized carbons (Fsp3) is 0.625. The summed E-state index contributed by atoms with van der Waals surface area (Å²) < 4.78 is 0. The van der Waals surface area contributed by atoms with Gasteiger partial charge in [0.05, 0.1) is 0 Å². The molecule has 0 aromatic heterocycles. The van der Waals surface area contributed by atoms with Crippen LogP contribution < -0.4 is 5.32 Å². The molecule has 100 valence electrons. The molecule has 0 saturated heterocycles. The van der Waals surface area contributed by atoms with Crippen molar-refractivity contribution < 1.29 is 0 Å². The standard InChI is InChI=1S/C16H25NS/c1-3-13-6-4-8-15(10-13)18-16-9-5-7-14(11-16)12-17-2/h5,7,9,11,13,15,17H,3-4,6,8,10,12H2,1-2H3. The van der Waals surface area contributed by atoms with Crippen LogP contribution in [0.25, 0.3) is 0 Å². The number of hydrogen-bond donors (Lipinski definition) is 1. The van der Waals surface area contributed by atoms with E-state index in [0.717, 1.165) is 17.7 Å². The maximum Gasteiger partial charge on any atom is 0.0202 e. The third-order valence-corrected chi connectivity index (χ3v) is 5.18. The van der Waals surface area contributed by atoms with Crippen LogP contribution in [-0.2, 0) is 6.54 Å². The number of nitrogens with one attached hydrogen (secondary N) is 1. The molecule has 0 amide bonds. The summed E-state index contributed by atoms with van der Waals surface area (Å²) in [5, 5.41) is 4.06. The maximum atomic E-state index is 3.22. The molecule has 2 atom stereocenters. The second kappa shape index (κ2) is 7.20. The zero-order valence-corrected chi connectivity index (χ0v) is 12.4. The van der Waals surface area contributed by atoms with E-state index in [2.05, 4.69) is 48.3 Å². The lowest BCUT2D eigenvalue weighted by Crippen LogP contribution is -2.16. The average Bonchev–Trinajstić information content (AvgIpc) is 2.40. The molecular formula is C16H25NS. The molecule has 1 saturated carbocycles. The van der Waals surface area contributed by atoms with E-state index in [4.69, 9.17) is 0 Å². The highest BCUT2D eigenvalue weighted by atomic mass is 32.2. The van der Waals surface area contributed by atoms with Crippen LogP contribution in [0.2, 0.25) is 0 Å². The number of hydrogen-bond acceptors (Lipinski definition) is 2. The van der Waals surface area contributed by atoms with Gasteiger partial charge >= 0.3 is 0 Å². The molecule has 0 radical (unpaired) electrons. The minimum absolute atomic E-state index is 0.841. The number of benzene rings is 1. The molecule has 18 heavy (non-hydrogen) atoms. The zero-order chi connectivity index (χ0) is 12.8. The lowest BCUT2D eigenvalue weighted by Gasteiger charge is -2.28. The first-order chi connectivity index (χ1) is 8.81. The predicted molar refractivity (Wildman–Crippen MR) is 81.1 cm³/mol. The molecule has 0 aliphatic heterocycles. The van der Waals surface area contributed by atoms with E-state index in [1.807, 2.05) is 7.05 Å². The highest BCUT2D eigenvalue weighted by Crippen LogP contribution is 2.37. The van der Waals surface area contributed by atoms with Crippen molar-refractivity contribution in [2.75, 3.05) is 7.05 Å². The lowest BCUT2D eigenvalue weighted by atomic mass is 9.87. The summed E-state index contributed by atoms with van der Waals surface area (Å²) in [6.07, 6.45) is 7.05. The Bertz CT molecular complexity index is 364. The van der Waals surface area contributed by atoms with Gasteiger partial charge in [0.2, 0.25) is 0 Å². The van der Waals surface area contributed by atoms with Gasteiger partial charge in [-0.05, 0) is 43.5 Å². The fourth-order valence-corrected chi connectivity index (χ4v) is 4.26. The Hall–Kier alpha value is -0.470. The van der Waals surface area contributed by atoms with E-state index in [1.54, 1.807) is 0 Å². The first kappa shape index (κ1) is 14.0. The summed E-state index contributed by atoms with van der Waals surface area (Å²) in [6, 6.07) is 9.00. The monoisotopic (exact) mass is 263 g/mol. The van der Waals surface area contributed by atoms with Crippen LogP contribution in [0.1, 0.15) is 44.6 Å². The Morgan fingerprint density at radius 3 is 3.00 bits per heavy atom. The minimum Gasteiger partial charge on any atom is -0.316 e. The second-order valence-corrected chi connectivity index (χ2v) is 6.73. The van der Waals surface area contributed by atoms with Crippen LogP contribution >= 0.6 is 11.8 Å². The third kappa shape index (κ3) is 4.03.